The summed E-state index contributed by atoms with van der Waals surface area (Å²) in [4.78, 5) is 2.41. The van der Waals surface area contributed by atoms with Crippen LogP contribution in [0.15, 0.2) is 41.1 Å². The molecule has 0 unspecified atom stereocenters. The van der Waals surface area contributed by atoms with Crippen LogP contribution in [0.3, 0.4) is 0 Å². The lowest BCUT2D eigenvalue weighted by Crippen LogP contribution is -2.31. The quantitative estimate of drug-likeness (QED) is 0.775. The van der Waals surface area contributed by atoms with Crippen molar-refractivity contribution in [1.29, 1.82) is 0 Å². The smallest absolute Gasteiger partial charge is 0.0369 e. The molecule has 2 nitrogen and oxygen atoms in total. The Morgan fingerprint density at radius 1 is 1.26 bits per heavy atom. The Morgan fingerprint density at radius 2 is 2.16 bits per heavy atom. The monoisotopic (exact) mass is 274 g/mol. The van der Waals surface area contributed by atoms with Gasteiger partial charge in [-0.05, 0) is 53.9 Å². The molecule has 0 spiro atoms. The Hall–Kier alpha value is -1.32. The number of rotatable bonds is 7. The fourth-order valence-corrected chi connectivity index (χ4v) is 2.80. The second-order valence-corrected chi connectivity index (χ2v) is 5.51. The van der Waals surface area contributed by atoms with Gasteiger partial charge in [0, 0.05) is 31.9 Å². The number of likely N-dealkylation sites (N-methyl/N-ethyl adjacent to an activating group) is 1. The minimum atomic E-state index is 0.967. The molecule has 2 rings (SSSR count). The zero-order valence-electron chi connectivity index (χ0n) is 11.7. The molecule has 0 aliphatic heterocycles. The van der Waals surface area contributed by atoms with E-state index in [1.807, 2.05) is 0 Å². The molecule has 1 aromatic carbocycles. The van der Waals surface area contributed by atoms with E-state index in [1.165, 1.54) is 16.8 Å². The van der Waals surface area contributed by atoms with Crippen molar-refractivity contribution in [2.45, 2.75) is 20.4 Å². The molecule has 1 N–H and O–H groups in total. The fourth-order valence-electron chi connectivity index (χ4n) is 2.13. The van der Waals surface area contributed by atoms with Crippen molar-refractivity contribution in [3.8, 4) is 0 Å². The fraction of sp³-hybridized carbons (Fsp3) is 0.375. The highest BCUT2D eigenvalue weighted by atomic mass is 32.1. The maximum absolute atomic E-state index is 3.50. The third-order valence-electron chi connectivity index (χ3n) is 3.22. The molecule has 3 heteroatoms. The molecule has 2 aromatic rings. The van der Waals surface area contributed by atoms with Gasteiger partial charge in [-0.15, -0.1) is 0 Å². The van der Waals surface area contributed by atoms with E-state index in [0.29, 0.717) is 0 Å². The molecule has 0 bridgehead atoms. The molecule has 0 atom stereocenters. The van der Waals surface area contributed by atoms with Gasteiger partial charge in [0.1, 0.15) is 0 Å². The number of nitrogens with one attached hydrogen (secondary N) is 1. The molecule has 1 aromatic heterocycles. The third-order valence-corrected chi connectivity index (χ3v) is 3.95. The zero-order chi connectivity index (χ0) is 13.5. The summed E-state index contributed by atoms with van der Waals surface area (Å²) in [6, 6.07) is 10.9. The van der Waals surface area contributed by atoms with Crippen LogP contribution < -0.4 is 10.2 Å². The normalized spacial score (nSPS) is 10.6. The lowest BCUT2D eigenvalue weighted by atomic mass is 10.2. The summed E-state index contributed by atoms with van der Waals surface area (Å²) >= 11 is 1.76. The molecular weight excluding hydrogens is 252 g/mol. The maximum Gasteiger partial charge on any atom is 0.0369 e. The van der Waals surface area contributed by atoms with Crippen molar-refractivity contribution in [1.82, 2.24) is 5.32 Å². The minimum absolute atomic E-state index is 0.967. The maximum atomic E-state index is 3.50. The van der Waals surface area contributed by atoms with Crippen LogP contribution in [0.2, 0.25) is 0 Å². The van der Waals surface area contributed by atoms with E-state index < -0.39 is 0 Å². The topological polar surface area (TPSA) is 15.3 Å². The number of nitrogens with zero attached hydrogens (tertiary/aromatic N) is 1. The molecule has 0 fully saturated rings. The van der Waals surface area contributed by atoms with Gasteiger partial charge in [-0.1, -0.05) is 12.1 Å². The molecule has 0 aliphatic carbocycles. The van der Waals surface area contributed by atoms with Gasteiger partial charge >= 0.3 is 0 Å². The predicted octanol–water partition coefficient (Wildman–Crippen LogP) is 3.67. The Morgan fingerprint density at radius 3 is 2.84 bits per heavy atom. The number of aryl methyl sites for hydroxylation is 1. The largest absolute Gasteiger partial charge is 0.371 e. The van der Waals surface area contributed by atoms with E-state index in [1.54, 1.807) is 11.3 Å². The van der Waals surface area contributed by atoms with E-state index in [2.05, 4.69) is 65.2 Å². The number of hydrogen-bond donors (Lipinski definition) is 1. The van der Waals surface area contributed by atoms with Crippen LogP contribution in [0.5, 0.6) is 0 Å². The third kappa shape index (κ3) is 4.37. The molecule has 19 heavy (non-hydrogen) atoms. The molecule has 102 valence electrons. The van der Waals surface area contributed by atoms with E-state index in [9.17, 15) is 0 Å². The molecule has 0 radical (unpaired) electrons. The standard InChI is InChI=1S/C16H22N2S/c1-3-18(16-6-4-5-14(2)11-16)9-8-17-12-15-7-10-19-13-15/h4-7,10-11,13,17H,3,8-9,12H2,1-2H3. The Labute approximate surface area is 120 Å². The molecular formula is C16H22N2S. The van der Waals surface area contributed by atoms with Crippen molar-refractivity contribution >= 4 is 17.0 Å². The Bertz CT molecular complexity index is 479. The summed E-state index contributed by atoms with van der Waals surface area (Å²) in [7, 11) is 0. The molecule has 0 saturated carbocycles. The summed E-state index contributed by atoms with van der Waals surface area (Å²) in [5.74, 6) is 0. The highest BCUT2D eigenvalue weighted by Crippen LogP contribution is 2.15. The van der Waals surface area contributed by atoms with Gasteiger partial charge in [-0.2, -0.15) is 11.3 Å². The van der Waals surface area contributed by atoms with E-state index in [-0.39, 0.29) is 0 Å². The van der Waals surface area contributed by atoms with E-state index in [0.717, 1.165) is 26.2 Å². The van der Waals surface area contributed by atoms with Crippen LogP contribution in [-0.4, -0.2) is 19.6 Å². The van der Waals surface area contributed by atoms with E-state index in [4.69, 9.17) is 0 Å². The first-order valence-electron chi connectivity index (χ1n) is 6.83. The Kier molecular flexibility index (Phi) is 5.43. The summed E-state index contributed by atoms with van der Waals surface area (Å²) < 4.78 is 0. The highest BCUT2D eigenvalue weighted by molar-refractivity contribution is 7.07. The first kappa shape index (κ1) is 14.1. The molecule has 0 saturated heterocycles. The minimum Gasteiger partial charge on any atom is -0.371 e. The van der Waals surface area contributed by atoms with Crippen LogP contribution >= 0.6 is 11.3 Å². The van der Waals surface area contributed by atoms with Gasteiger partial charge in [-0.3, -0.25) is 0 Å². The van der Waals surface area contributed by atoms with Gasteiger partial charge in [0.25, 0.3) is 0 Å². The lowest BCUT2D eigenvalue weighted by Gasteiger charge is -2.23. The Balaban J connectivity index is 1.79. The van der Waals surface area contributed by atoms with Gasteiger partial charge in [-0.25, -0.2) is 0 Å². The van der Waals surface area contributed by atoms with Crippen molar-refractivity contribution in [2.24, 2.45) is 0 Å². The average Bonchev–Trinajstić information content (AvgIpc) is 2.92. The van der Waals surface area contributed by atoms with Crippen molar-refractivity contribution in [3.63, 3.8) is 0 Å². The van der Waals surface area contributed by atoms with Gasteiger partial charge in [0.15, 0.2) is 0 Å². The number of anilines is 1. The number of hydrogen-bond acceptors (Lipinski definition) is 3. The number of benzene rings is 1. The molecule has 0 amide bonds. The predicted molar refractivity (Wildman–Crippen MR) is 85.1 cm³/mol. The second-order valence-electron chi connectivity index (χ2n) is 4.73. The van der Waals surface area contributed by atoms with Crippen molar-refractivity contribution in [2.75, 3.05) is 24.5 Å². The van der Waals surface area contributed by atoms with Crippen molar-refractivity contribution in [3.05, 3.63) is 52.2 Å². The molecule has 1 heterocycles. The zero-order valence-corrected chi connectivity index (χ0v) is 12.5. The van der Waals surface area contributed by atoms with Crippen LogP contribution in [0, 0.1) is 6.92 Å². The van der Waals surface area contributed by atoms with Crippen LogP contribution in [0.1, 0.15) is 18.1 Å². The summed E-state index contributed by atoms with van der Waals surface area (Å²) in [6.07, 6.45) is 0. The first-order valence-corrected chi connectivity index (χ1v) is 7.77. The van der Waals surface area contributed by atoms with Crippen LogP contribution in [0.4, 0.5) is 5.69 Å². The van der Waals surface area contributed by atoms with Crippen molar-refractivity contribution < 1.29 is 0 Å². The first-order chi connectivity index (χ1) is 9.29. The van der Waals surface area contributed by atoms with Crippen LogP contribution in [-0.2, 0) is 6.54 Å². The molecule has 0 aliphatic rings. The average molecular weight is 274 g/mol. The van der Waals surface area contributed by atoms with Gasteiger partial charge < -0.3 is 10.2 Å². The summed E-state index contributed by atoms with van der Waals surface area (Å²) in [6.45, 7) is 8.42. The number of thiophene rings is 1. The van der Waals surface area contributed by atoms with E-state index >= 15 is 0 Å². The van der Waals surface area contributed by atoms with Gasteiger partial charge in [0.2, 0.25) is 0 Å². The highest BCUT2D eigenvalue weighted by Gasteiger charge is 2.03. The SMILES string of the molecule is CCN(CCNCc1ccsc1)c1cccc(C)c1. The van der Waals surface area contributed by atoms with Gasteiger partial charge in [0.05, 0.1) is 0 Å². The van der Waals surface area contributed by atoms with Crippen LogP contribution in [0.25, 0.3) is 0 Å². The summed E-state index contributed by atoms with van der Waals surface area (Å²) in [5, 5.41) is 7.83. The summed E-state index contributed by atoms with van der Waals surface area (Å²) in [5.41, 5.74) is 4.02. The second kappa shape index (κ2) is 7.31. The lowest BCUT2D eigenvalue weighted by molar-refractivity contribution is 0.666.